The number of aromatic nitrogens is 2. The third-order valence-corrected chi connectivity index (χ3v) is 6.63. The second-order valence-corrected chi connectivity index (χ2v) is 8.73. The SMILES string of the molecule is CCCC(=O)N1CCC(c2ccn3ncc(C(=O)N4CCC(C)CC4)c3c2)CC1. The van der Waals surface area contributed by atoms with Crippen molar-refractivity contribution in [3.63, 3.8) is 0 Å². The number of carbonyl (C=O) groups is 2. The molecule has 2 amide bonds. The molecule has 2 aliphatic rings. The Balaban J connectivity index is 1.49. The van der Waals surface area contributed by atoms with Gasteiger partial charge < -0.3 is 9.80 Å². The van der Waals surface area contributed by atoms with Gasteiger partial charge in [-0.15, -0.1) is 0 Å². The minimum Gasteiger partial charge on any atom is -0.343 e. The minimum atomic E-state index is 0.101. The number of likely N-dealkylation sites (tertiary alicyclic amines) is 2. The Morgan fingerprint density at radius 2 is 1.76 bits per heavy atom. The van der Waals surface area contributed by atoms with Crippen LogP contribution in [-0.2, 0) is 4.79 Å². The largest absolute Gasteiger partial charge is 0.343 e. The van der Waals surface area contributed by atoms with E-state index >= 15 is 0 Å². The van der Waals surface area contributed by atoms with Crippen LogP contribution in [0.2, 0.25) is 0 Å². The molecule has 0 radical (unpaired) electrons. The number of pyridine rings is 1. The lowest BCUT2D eigenvalue weighted by Gasteiger charge is -2.32. The second kappa shape index (κ2) is 8.56. The fourth-order valence-electron chi connectivity index (χ4n) is 4.63. The highest BCUT2D eigenvalue weighted by atomic mass is 16.2. The summed E-state index contributed by atoms with van der Waals surface area (Å²) in [5.74, 6) is 1.51. The van der Waals surface area contributed by atoms with Gasteiger partial charge in [-0.25, -0.2) is 4.52 Å². The van der Waals surface area contributed by atoms with Crippen LogP contribution in [0.5, 0.6) is 0 Å². The molecule has 2 aromatic rings. The van der Waals surface area contributed by atoms with Crippen molar-refractivity contribution in [2.45, 2.75) is 58.3 Å². The number of rotatable bonds is 4. The topological polar surface area (TPSA) is 57.9 Å². The normalized spacial score (nSPS) is 19.1. The van der Waals surface area contributed by atoms with E-state index in [-0.39, 0.29) is 11.8 Å². The Hall–Kier alpha value is -2.37. The predicted molar refractivity (Wildman–Crippen MR) is 113 cm³/mol. The summed E-state index contributed by atoms with van der Waals surface area (Å²) >= 11 is 0. The molecule has 0 atom stereocenters. The zero-order valence-electron chi connectivity index (χ0n) is 17.6. The third-order valence-electron chi connectivity index (χ3n) is 6.63. The van der Waals surface area contributed by atoms with Crippen LogP contribution in [0.15, 0.2) is 24.5 Å². The molecule has 2 aromatic heterocycles. The van der Waals surface area contributed by atoms with E-state index in [1.54, 1.807) is 6.20 Å². The van der Waals surface area contributed by atoms with E-state index in [1.165, 1.54) is 5.56 Å². The van der Waals surface area contributed by atoms with Gasteiger partial charge in [0.2, 0.25) is 5.91 Å². The van der Waals surface area contributed by atoms with Crippen molar-refractivity contribution in [1.82, 2.24) is 19.4 Å². The highest BCUT2D eigenvalue weighted by Crippen LogP contribution is 2.30. The summed E-state index contributed by atoms with van der Waals surface area (Å²) in [6, 6.07) is 4.26. The van der Waals surface area contributed by atoms with Crippen molar-refractivity contribution in [3.8, 4) is 0 Å². The highest BCUT2D eigenvalue weighted by molar-refractivity contribution is 6.00. The van der Waals surface area contributed by atoms with Crippen LogP contribution < -0.4 is 0 Å². The van der Waals surface area contributed by atoms with E-state index in [1.807, 2.05) is 20.5 Å². The van der Waals surface area contributed by atoms with Gasteiger partial charge in [0.25, 0.3) is 5.91 Å². The number of hydrogen-bond donors (Lipinski definition) is 0. The highest BCUT2D eigenvalue weighted by Gasteiger charge is 2.26. The quantitative estimate of drug-likeness (QED) is 0.792. The smallest absolute Gasteiger partial charge is 0.257 e. The lowest BCUT2D eigenvalue weighted by molar-refractivity contribution is -0.132. The first kappa shape index (κ1) is 19.9. The first-order chi connectivity index (χ1) is 14.1. The summed E-state index contributed by atoms with van der Waals surface area (Å²) in [5.41, 5.74) is 2.86. The maximum Gasteiger partial charge on any atom is 0.257 e. The number of fused-ring (bicyclic) bond motifs is 1. The summed E-state index contributed by atoms with van der Waals surface area (Å²) in [7, 11) is 0. The van der Waals surface area contributed by atoms with Gasteiger partial charge in [-0.05, 0) is 61.6 Å². The number of carbonyl (C=O) groups excluding carboxylic acids is 2. The molecule has 0 N–H and O–H groups in total. The van der Waals surface area contributed by atoms with Crippen LogP contribution in [0.4, 0.5) is 0 Å². The fourth-order valence-corrected chi connectivity index (χ4v) is 4.63. The van der Waals surface area contributed by atoms with Crippen LogP contribution in [0.1, 0.15) is 74.2 Å². The van der Waals surface area contributed by atoms with E-state index in [4.69, 9.17) is 0 Å². The minimum absolute atomic E-state index is 0.101. The van der Waals surface area contributed by atoms with Gasteiger partial charge in [0.1, 0.15) is 0 Å². The van der Waals surface area contributed by atoms with Crippen LogP contribution in [0.3, 0.4) is 0 Å². The maximum atomic E-state index is 13.1. The molecule has 0 aliphatic carbocycles. The van der Waals surface area contributed by atoms with Crippen LogP contribution >= 0.6 is 0 Å². The van der Waals surface area contributed by atoms with Crippen molar-refractivity contribution in [2.75, 3.05) is 26.2 Å². The average Bonchev–Trinajstić information content (AvgIpc) is 3.17. The van der Waals surface area contributed by atoms with Gasteiger partial charge >= 0.3 is 0 Å². The molecule has 6 heteroatoms. The Labute approximate surface area is 172 Å². The molecule has 156 valence electrons. The first-order valence-corrected chi connectivity index (χ1v) is 11.1. The average molecular weight is 397 g/mol. The molecule has 0 aromatic carbocycles. The summed E-state index contributed by atoms with van der Waals surface area (Å²) in [6.07, 6.45) is 9.34. The zero-order chi connectivity index (χ0) is 20.4. The zero-order valence-corrected chi connectivity index (χ0v) is 17.6. The Bertz CT molecular complexity index is 874. The first-order valence-electron chi connectivity index (χ1n) is 11.1. The van der Waals surface area contributed by atoms with E-state index in [9.17, 15) is 9.59 Å². The summed E-state index contributed by atoms with van der Waals surface area (Å²) in [4.78, 5) is 29.2. The lowest BCUT2D eigenvalue weighted by atomic mass is 9.89. The Morgan fingerprint density at radius 1 is 1.07 bits per heavy atom. The molecule has 0 unspecified atom stereocenters. The van der Waals surface area contributed by atoms with Crippen LogP contribution in [0, 0.1) is 5.92 Å². The molecule has 6 nitrogen and oxygen atoms in total. The number of nitrogens with zero attached hydrogens (tertiary/aromatic N) is 4. The lowest BCUT2D eigenvalue weighted by Crippen LogP contribution is -2.38. The van der Waals surface area contributed by atoms with Gasteiger partial charge in [0.15, 0.2) is 0 Å². The van der Waals surface area contributed by atoms with Crippen molar-refractivity contribution in [2.24, 2.45) is 5.92 Å². The number of hydrogen-bond acceptors (Lipinski definition) is 3. The van der Waals surface area contributed by atoms with Gasteiger partial charge in [-0.1, -0.05) is 13.8 Å². The molecule has 0 bridgehead atoms. The van der Waals surface area contributed by atoms with E-state index in [2.05, 4.69) is 31.1 Å². The van der Waals surface area contributed by atoms with Gasteiger partial charge in [-0.3, -0.25) is 9.59 Å². The number of piperidine rings is 2. The monoisotopic (exact) mass is 396 g/mol. The maximum absolute atomic E-state index is 13.1. The van der Waals surface area contributed by atoms with Crippen molar-refractivity contribution in [1.29, 1.82) is 0 Å². The molecule has 4 rings (SSSR count). The van der Waals surface area contributed by atoms with Gasteiger partial charge in [0.05, 0.1) is 17.3 Å². The summed E-state index contributed by atoms with van der Waals surface area (Å²) in [6.45, 7) is 7.62. The Morgan fingerprint density at radius 3 is 2.45 bits per heavy atom. The van der Waals surface area contributed by atoms with Crippen LogP contribution in [0.25, 0.3) is 5.52 Å². The fraction of sp³-hybridized carbons (Fsp3) is 0.609. The van der Waals surface area contributed by atoms with Crippen molar-refractivity contribution in [3.05, 3.63) is 35.7 Å². The van der Waals surface area contributed by atoms with Gasteiger partial charge in [0, 0.05) is 38.8 Å². The summed E-state index contributed by atoms with van der Waals surface area (Å²) < 4.78 is 1.81. The summed E-state index contributed by atoms with van der Waals surface area (Å²) in [5, 5.41) is 4.41. The number of amides is 2. The second-order valence-electron chi connectivity index (χ2n) is 8.73. The molecule has 29 heavy (non-hydrogen) atoms. The van der Waals surface area contributed by atoms with E-state index in [0.29, 0.717) is 23.8 Å². The molecule has 2 fully saturated rings. The van der Waals surface area contributed by atoms with Crippen LogP contribution in [-0.4, -0.2) is 57.4 Å². The van der Waals surface area contributed by atoms with E-state index in [0.717, 1.165) is 63.8 Å². The predicted octanol–water partition coefficient (Wildman–Crippen LogP) is 3.71. The van der Waals surface area contributed by atoms with Crippen molar-refractivity contribution >= 4 is 17.3 Å². The molecular weight excluding hydrogens is 364 g/mol. The van der Waals surface area contributed by atoms with E-state index < -0.39 is 0 Å². The molecular formula is C23H32N4O2. The molecule has 4 heterocycles. The third kappa shape index (κ3) is 4.16. The molecule has 2 aliphatic heterocycles. The molecule has 0 spiro atoms. The van der Waals surface area contributed by atoms with Crippen molar-refractivity contribution < 1.29 is 9.59 Å². The standard InChI is InChI=1S/C23H32N4O2/c1-3-4-22(28)25-12-7-18(8-13-25)19-9-14-27-21(15-19)20(16-24-27)23(29)26-10-5-17(2)6-11-26/h9,14-18H,3-8,10-13H2,1-2H3. The molecule has 0 saturated carbocycles. The molecule has 2 saturated heterocycles. The van der Waals surface area contributed by atoms with Gasteiger partial charge in [-0.2, -0.15) is 5.10 Å². The Kier molecular flexibility index (Phi) is 5.88.